The van der Waals surface area contributed by atoms with E-state index >= 15 is 0 Å². The molecular formula is C19H23NO2. The molecule has 0 fully saturated rings. The second-order valence-electron chi connectivity index (χ2n) is 5.20. The summed E-state index contributed by atoms with van der Waals surface area (Å²) in [7, 11) is 0. The van der Waals surface area contributed by atoms with Crippen LogP contribution in [0.2, 0.25) is 0 Å². The smallest absolute Gasteiger partial charge is 0.323 e. The molecule has 0 spiro atoms. The first kappa shape index (κ1) is 16.2. The van der Waals surface area contributed by atoms with Crippen LogP contribution in [0.25, 0.3) is 0 Å². The Morgan fingerprint density at radius 2 is 1.59 bits per heavy atom. The molecule has 3 nitrogen and oxygen atoms in total. The summed E-state index contributed by atoms with van der Waals surface area (Å²) in [4.78, 5) is 12.1. The van der Waals surface area contributed by atoms with Crippen molar-refractivity contribution in [2.24, 2.45) is 0 Å². The summed E-state index contributed by atoms with van der Waals surface area (Å²) in [5.41, 5.74) is 2.40. The van der Waals surface area contributed by atoms with Crippen molar-refractivity contribution in [1.29, 1.82) is 0 Å². The van der Waals surface area contributed by atoms with Crippen molar-refractivity contribution in [2.75, 3.05) is 6.61 Å². The molecule has 0 radical (unpaired) electrons. The highest BCUT2D eigenvalue weighted by Gasteiger charge is 2.18. The van der Waals surface area contributed by atoms with Gasteiger partial charge in [-0.15, -0.1) is 0 Å². The third-order valence-electron chi connectivity index (χ3n) is 3.53. The largest absolute Gasteiger partial charge is 0.465 e. The quantitative estimate of drug-likeness (QED) is 0.759. The van der Waals surface area contributed by atoms with Crippen LogP contribution in [0.5, 0.6) is 0 Å². The van der Waals surface area contributed by atoms with Gasteiger partial charge >= 0.3 is 5.97 Å². The van der Waals surface area contributed by atoms with Gasteiger partial charge in [0.05, 0.1) is 6.61 Å². The van der Waals surface area contributed by atoms with Crippen LogP contribution in [0, 0.1) is 0 Å². The fourth-order valence-electron chi connectivity index (χ4n) is 2.34. The first-order valence-corrected chi connectivity index (χ1v) is 7.77. The Labute approximate surface area is 132 Å². The van der Waals surface area contributed by atoms with Gasteiger partial charge in [0.1, 0.15) is 6.04 Å². The summed E-state index contributed by atoms with van der Waals surface area (Å²) in [5.74, 6) is -0.172. The lowest BCUT2D eigenvalue weighted by molar-refractivity contribution is -0.145. The van der Waals surface area contributed by atoms with Gasteiger partial charge in [-0.3, -0.25) is 4.79 Å². The molecule has 2 aromatic carbocycles. The maximum absolute atomic E-state index is 12.1. The maximum Gasteiger partial charge on any atom is 0.323 e. The summed E-state index contributed by atoms with van der Waals surface area (Å²) >= 11 is 0. The van der Waals surface area contributed by atoms with Gasteiger partial charge < -0.3 is 10.1 Å². The number of carbonyl (C=O) groups is 1. The molecule has 116 valence electrons. The minimum atomic E-state index is -0.277. The fraction of sp³-hybridized carbons (Fsp3) is 0.316. The normalized spacial score (nSPS) is 11.9. The number of rotatable bonds is 8. The summed E-state index contributed by atoms with van der Waals surface area (Å²) in [6.07, 6.45) is 1.59. The zero-order valence-corrected chi connectivity index (χ0v) is 13.0. The van der Waals surface area contributed by atoms with E-state index < -0.39 is 0 Å². The zero-order valence-electron chi connectivity index (χ0n) is 13.0. The zero-order chi connectivity index (χ0) is 15.6. The molecule has 0 heterocycles. The van der Waals surface area contributed by atoms with E-state index in [2.05, 4.69) is 17.4 Å². The number of ether oxygens (including phenoxy) is 1. The number of carbonyl (C=O) groups excluding carboxylic acids is 1. The highest BCUT2D eigenvalue weighted by Crippen LogP contribution is 2.08. The van der Waals surface area contributed by atoms with Crippen molar-refractivity contribution in [2.45, 2.75) is 32.4 Å². The minimum Gasteiger partial charge on any atom is -0.465 e. The van der Waals surface area contributed by atoms with E-state index in [1.54, 1.807) is 0 Å². The second kappa shape index (κ2) is 9.00. The highest BCUT2D eigenvalue weighted by atomic mass is 16.5. The Bertz CT molecular complexity index is 511. The number of hydrogen-bond acceptors (Lipinski definition) is 3. The van der Waals surface area contributed by atoms with E-state index in [1.807, 2.05) is 55.5 Å². The summed E-state index contributed by atoms with van der Waals surface area (Å²) < 4.78 is 5.18. The van der Waals surface area contributed by atoms with Crippen molar-refractivity contribution in [1.82, 2.24) is 5.32 Å². The Hall–Kier alpha value is -2.13. The summed E-state index contributed by atoms with van der Waals surface area (Å²) in [6, 6.07) is 20.0. The van der Waals surface area contributed by atoms with Crippen molar-refractivity contribution >= 4 is 5.97 Å². The summed E-state index contributed by atoms with van der Waals surface area (Å²) in [5, 5.41) is 3.32. The van der Waals surface area contributed by atoms with E-state index in [0.717, 1.165) is 18.4 Å². The molecule has 1 N–H and O–H groups in total. The van der Waals surface area contributed by atoms with Crippen LogP contribution in [0.1, 0.15) is 24.5 Å². The van der Waals surface area contributed by atoms with Crippen LogP contribution in [-0.2, 0) is 22.5 Å². The van der Waals surface area contributed by atoms with Crippen molar-refractivity contribution in [3.63, 3.8) is 0 Å². The minimum absolute atomic E-state index is 0.172. The highest BCUT2D eigenvalue weighted by molar-refractivity contribution is 5.75. The molecule has 2 aromatic rings. The molecule has 0 bridgehead atoms. The Morgan fingerprint density at radius 1 is 1.00 bits per heavy atom. The van der Waals surface area contributed by atoms with Crippen molar-refractivity contribution in [3.8, 4) is 0 Å². The molecule has 0 unspecified atom stereocenters. The Kier molecular flexibility index (Phi) is 6.65. The van der Waals surface area contributed by atoms with Crippen molar-refractivity contribution < 1.29 is 9.53 Å². The molecule has 0 aromatic heterocycles. The molecule has 0 aliphatic carbocycles. The standard InChI is InChI=1S/C19H23NO2/c1-2-22-19(21)18(14-13-16-9-5-3-6-10-16)20-15-17-11-7-4-8-12-17/h3-12,18,20H,2,13-15H2,1H3/t18-/m0/s1. The van der Waals surface area contributed by atoms with E-state index in [1.165, 1.54) is 5.56 Å². The van der Waals surface area contributed by atoms with Crippen LogP contribution in [0.3, 0.4) is 0 Å². The maximum atomic E-state index is 12.1. The lowest BCUT2D eigenvalue weighted by Crippen LogP contribution is -2.38. The van der Waals surface area contributed by atoms with Gasteiger partial charge in [0.2, 0.25) is 0 Å². The number of aryl methyl sites for hydroxylation is 1. The third-order valence-corrected chi connectivity index (χ3v) is 3.53. The first-order valence-electron chi connectivity index (χ1n) is 7.77. The molecule has 0 saturated carbocycles. The summed E-state index contributed by atoms with van der Waals surface area (Å²) in [6.45, 7) is 2.91. The lowest BCUT2D eigenvalue weighted by Gasteiger charge is -2.17. The predicted octanol–water partition coefficient (Wildman–Crippen LogP) is 3.34. The van der Waals surface area contributed by atoms with Crippen LogP contribution >= 0.6 is 0 Å². The van der Waals surface area contributed by atoms with Crippen LogP contribution in [0.15, 0.2) is 60.7 Å². The van der Waals surface area contributed by atoms with Gasteiger partial charge in [-0.2, -0.15) is 0 Å². The fourth-order valence-corrected chi connectivity index (χ4v) is 2.34. The molecule has 0 aliphatic rings. The monoisotopic (exact) mass is 297 g/mol. The average Bonchev–Trinajstić information content (AvgIpc) is 2.57. The third kappa shape index (κ3) is 5.34. The number of esters is 1. The predicted molar refractivity (Wildman–Crippen MR) is 88.5 cm³/mol. The molecule has 1 atom stereocenters. The number of hydrogen-bond donors (Lipinski definition) is 1. The van der Waals surface area contributed by atoms with E-state index in [-0.39, 0.29) is 12.0 Å². The van der Waals surface area contributed by atoms with Crippen LogP contribution in [0.4, 0.5) is 0 Å². The van der Waals surface area contributed by atoms with Gasteiger partial charge in [0.15, 0.2) is 0 Å². The Balaban J connectivity index is 1.92. The van der Waals surface area contributed by atoms with Gasteiger partial charge in [-0.25, -0.2) is 0 Å². The number of nitrogens with one attached hydrogen (secondary N) is 1. The average molecular weight is 297 g/mol. The van der Waals surface area contributed by atoms with Gasteiger partial charge in [0.25, 0.3) is 0 Å². The first-order chi connectivity index (χ1) is 10.8. The van der Waals surface area contributed by atoms with E-state index in [4.69, 9.17) is 4.74 Å². The lowest BCUT2D eigenvalue weighted by atomic mass is 10.0. The number of benzene rings is 2. The Morgan fingerprint density at radius 3 is 2.18 bits per heavy atom. The molecule has 0 aliphatic heterocycles. The molecule has 0 saturated heterocycles. The molecule has 22 heavy (non-hydrogen) atoms. The molecule has 0 amide bonds. The van der Waals surface area contributed by atoms with Crippen LogP contribution in [-0.4, -0.2) is 18.6 Å². The molecule has 3 heteroatoms. The molecule has 2 rings (SSSR count). The van der Waals surface area contributed by atoms with Crippen molar-refractivity contribution in [3.05, 3.63) is 71.8 Å². The second-order valence-corrected chi connectivity index (χ2v) is 5.20. The van der Waals surface area contributed by atoms with Crippen LogP contribution < -0.4 is 5.32 Å². The van der Waals surface area contributed by atoms with Gasteiger partial charge in [-0.05, 0) is 30.9 Å². The SMILES string of the molecule is CCOC(=O)[C@H](CCc1ccccc1)NCc1ccccc1. The molecular weight excluding hydrogens is 274 g/mol. The van der Waals surface area contributed by atoms with E-state index in [9.17, 15) is 4.79 Å². The topological polar surface area (TPSA) is 38.3 Å². The van der Waals surface area contributed by atoms with Gasteiger partial charge in [-0.1, -0.05) is 60.7 Å². The van der Waals surface area contributed by atoms with E-state index in [0.29, 0.717) is 13.2 Å². The van der Waals surface area contributed by atoms with Gasteiger partial charge in [0, 0.05) is 6.54 Å².